The van der Waals surface area contributed by atoms with Crippen molar-refractivity contribution in [3.63, 3.8) is 0 Å². The number of amides is 1. The molecule has 1 amide bonds. The molecule has 1 aromatic carbocycles. The van der Waals surface area contributed by atoms with E-state index in [1.54, 1.807) is 26.0 Å². The number of esters is 1. The molecule has 0 aliphatic rings. The van der Waals surface area contributed by atoms with Gasteiger partial charge in [-0.3, -0.25) is 10.1 Å². The number of hydrogen-bond donors (Lipinski definition) is 1. The smallest absolute Gasteiger partial charge is 0.350 e. The number of ether oxygens (including phenoxy) is 2. The number of thiazole rings is 1. The molecular formula is C17H19ClN2O4S. The second-order valence-electron chi connectivity index (χ2n) is 5.36. The molecule has 2 aromatic rings. The Morgan fingerprint density at radius 3 is 2.48 bits per heavy atom. The zero-order valence-corrected chi connectivity index (χ0v) is 16.0. The summed E-state index contributed by atoms with van der Waals surface area (Å²) in [6.45, 7) is 7.28. The molecule has 0 spiro atoms. The molecule has 0 unspecified atom stereocenters. The fraction of sp³-hybridized carbons (Fsp3) is 0.353. The van der Waals surface area contributed by atoms with E-state index in [1.165, 1.54) is 0 Å². The van der Waals surface area contributed by atoms with Crippen LogP contribution < -0.4 is 10.1 Å². The molecule has 6 nitrogen and oxygen atoms in total. The summed E-state index contributed by atoms with van der Waals surface area (Å²) in [6.07, 6.45) is 0. The molecule has 1 aromatic heterocycles. The van der Waals surface area contributed by atoms with Crippen LogP contribution >= 0.6 is 22.9 Å². The van der Waals surface area contributed by atoms with Crippen LogP contribution in [0.3, 0.4) is 0 Å². The lowest BCUT2D eigenvalue weighted by Crippen LogP contribution is -2.20. The minimum Gasteiger partial charge on any atom is -0.484 e. The number of benzene rings is 1. The molecule has 134 valence electrons. The van der Waals surface area contributed by atoms with Crippen LogP contribution in [0.2, 0.25) is 5.02 Å². The molecule has 1 heterocycles. The van der Waals surface area contributed by atoms with Crippen LogP contribution in [0.1, 0.15) is 33.4 Å². The second-order valence-corrected chi connectivity index (χ2v) is 6.74. The Morgan fingerprint density at radius 2 is 1.88 bits per heavy atom. The van der Waals surface area contributed by atoms with Gasteiger partial charge in [-0.05, 0) is 51.0 Å². The van der Waals surface area contributed by atoms with Gasteiger partial charge in [-0.2, -0.15) is 0 Å². The van der Waals surface area contributed by atoms with E-state index in [4.69, 9.17) is 21.1 Å². The highest BCUT2D eigenvalue weighted by Crippen LogP contribution is 2.26. The van der Waals surface area contributed by atoms with Gasteiger partial charge in [-0.15, -0.1) is 0 Å². The van der Waals surface area contributed by atoms with E-state index in [-0.39, 0.29) is 19.1 Å². The Kier molecular flexibility index (Phi) is 6.39. The number of halogens is 1. The third-order valence-corrected chi connectivity index (χ3v) is 4.93. The van der Waals surface area contributed by atoms with Crippen LogP contribution in [0.25, 0.3) is 0 Å². The van der Waals surface area contributed by atoms with Gasteiger partial charge in [0, 0.05) is 5.02 Å². The summed E-state index contributed by atoms with van der Waals surface area (Å²) in [7, 11) is 0. The van der Waals surface area contributed by atoms with Gasteiger partial charge in [0.1, 0.15) is 10.6 Å². The van der Waals surface area contributed by atoms with E-state index < -0.39 is 5.97 Å². The van der Waals surface area contributed by atoms with Crippen LogP contribution in [0.5, 0.6) is 5.75 Å². The number of hydrogen-bond acceptors (Lipinski definition) is 6. The first-order valence-electron chi connectivity index (χ1n) is 7.65. The van der Waals surface area contributed by atoms with Crippen LogP contribution in [0.15, 0.2) is 12.1 Å². The third kappa shape index (κ3) is 4.93. The van der Waals surface area contributed by atoms with E-state index in [2.05, 4.69) is 10.3 Å². The van der Waals surface area contributed by atoms with Crippen LogP contribution in [-0.4, -0.2) is 30.1 Å². The highest BCUT2D eigenvalue weighted by Gasteiger charge is 2.17. The number of nitrogens with zero attached hydrogens (tertiary/aromatic N) is 1. The summed E-state index contributed by atoms with van der Waals surface area (Å²) in [6, 6.07) is 3.55. The number of aryl methyl sites for hydroxylation is 3. The summed E-state index contributed by atoms with van der Waals surface area (Å²) >= 11 is 7.18. The first-order valence-corrected chi connectivity index (χ1v) is 8.85. The zero-order chi connectivity index (χ0) is 18.6. The second kappa shape index (κ2) is 8.31. The Balaban J connectivity index is 1.97. The third-order valence-electron chi connectivity index (χ3n) is 3.28. The quantitative estimate of drug-likeness (QED) is 0.766. The molecule has 0 aliphatic carbocycles. The fourth-order valence-electron chi connectivity index (χ4n) is 2.13. The summed E-state index contributed by atoms with van der Waals surface area (Å²) in [5.41, 5.74) is 2.28. The molecule has 25 heavy (non-hydrogen) atoms. The topological polar surface area (TPSA) is 77.5 Å². The van der Waals surface area contributed by atoms with Crippen molar-refractivity contribution in [1.82, 2.24) is 4.98 Å². The molecule has 0 radical (unpaired) electrons. The minimum atomic E-state index is -0.443. The largest absolute Gasteiger partial charge is 0.484 e. The molecule has 0 saturated heterocycles. The molecule has 1 N–H and O–H groups in total. The highest BCUT2D eigenvalue weighted by molar-refractivity contribution is 7.17. The molecule has 0 atom stereocenters. The summed E-state index contributed by atoms with van der Waals surface area (Å²) in [5, 5.41) is 3.63. The Morgan fingerprint density at radius 1 is 1.24 bits per heavy atom. The average molecular weight is 383 g/mol. The van der Waals surface area contributed by atoms with Gasteiger partial charge < -0.3 is 9.47 Å². The molecule has 0 fully saturated rings. The lowest BCUT2D eigenvalue weighted by atomic mass is 10.1. The first-order chi connectivity index (χ1) is 11.8. The van der Waals surface area contributed by atoms with Crippen molar-refractivity contribution in [3.05, 3.63) is 38.9 Å². The van der Waals surface area contributed by atoms with Crippen LogP contribution in [0, 0.1) is 20.8 Å². The van der Waals surface area contributed by atoms with Gasteiger partial charge >= 0.3 is 5.97 Å². The normalized spacial score (nSPS) is 10.4. The molecule has 8 heteroatoms. The maximum atomic E-state index is 12.0. The van der Waals surface area contributed by atoms with Crippen molar-refractivity contribution in [2.24, 2.45) is 0 Å². The Bertz CT molecular complexity index is 781. The van der Waals surface area contributed by atoms with Crippen LogP contribution in [0.4, 0.5) is 5.13 Å². The van der Waals surface area contributed by atoms with E-state index in [1.807, 2.05) is 13.8 Å². The van der Waals surface area contributed by atoms with Crippen molar-refractivity contribution in [1.29, 1.82) is 0 Å². The van der Waals surface area contributed by atoms with Gasteiger partial charge in [0.15, 0.2) is 11.7 Å². The van der Waals surface area contributed by atoms with Crippen molar-refractivity contribution in [2.45, 2.75) is 27.7 Å². The number of carbonyl (C=O) groups excluding carboxylic acids is 2. The first kappa shape index (κ1) is 19.2. The van der Waals surface area contributed by atoms with Gasteiger partial charge in [0.2, 0.25) is 0 Å². The molecule has 2 rings (SSSR count). The lowest BCUT2D eigenvalue weighted by molar-refractivity contribution is -0.118. The lowest BCUT2D eigenvalue weighted by Gasteiger charge is -2.09. The predicted molar refractivity (Wildman–Crippen MR) is 97.9 cm³/mol. The van der Waals surface area contributed by atoms with Crippen molar-refractivity contribution in [2.75, 3.05) is 18.5 Å². The maximum absolute atomic E-state index is 12.0. The van der Waals surface area contributed by atoms with Crippen molar-refractivity contribution < 1.29 is 19.1 Å². The number of carbonyl (C=O) groups is 2. The Hall–Kier alpha value is -2.12. The maximum Gasteiger partial charge on any atom is 0.350 e. The van der Waals surface area contributed by atoms with E-state index in [0.717, 1.165) is 22.5 Å². The van der Waals surface area contributed by atoms with E-state index in [0.29, 0.717) is 26.5 Å². The van der Waals surface area contributed by atoms with Crippen molar-refractivity contribution in [3.8, 4) is 5.75 Å². The monoisotopic (exact) mass is 382 g/mol. The summed E-state index contributed by atoms with van der Waals surface area (Å²) in [4.78, 5) is 28.3. The van der Waals surface area contributed by atoms with Crippen molar-refractivity contribution >= 4 is 39.9 Å². The fourth-order valence-corrected chi connectivity index (χ4v) is 3.12. The molecule has 0 saturated carbocycles. The number of anilines is 1. The highest BCUT2D eigenvalue weighted by atomic mass is 35.5. The predicted octanol–water partition coefficient (Wildman–Crippen LogP) is 3.92. The molecule has 0 aliphatic heterocycles. The van der Waals surface area contributed by atoms with Gasteiger partial charge in [0.25, 0.3) is 5.91 Å². The molecular weight excluding hydrogens is 364 g/mol. The Labute approximate surface area is 155 Å². The van der Waals surface area contributed by atoms with Crippen LogP contribution in [-0.2, 0) is 9.53 Å². The number of rotatable bonds is 6. The number of aromatic nitrogens is 1. The summed E-state index contributed by atoms with van der Waals surface area (Å²) < 4.78 is 10.4. The molecule has 0 bridgehead atoms. The van der Waals surface area contributed by atoms with Gasteiger partial charge in [-0.1, -0.05) is 22.9 Å². The summed E-state index contributed by atoms with van der Waals surface area (Å²) in [5.74, 6) is -0.243. The average Bonchev–Trinajstić information content (AvgIpc) is 2.91. The minimum absolute atomic E-state index is 0.173. The number of nitrogens with one attached hydrogen (secondary N) is 1. The van der Waals surface area contributed by atoms with Gasteiger partial charge in [0.05, 0.1) is 12.3 Å². The zero-order valence-electron chi connectivity index (χ0n) is 14.4. The standard InChI is InChI=1S/C17H19ClN2O4S/c1-5-23-16(22)15-11(4)19-17(25-15)20-13(21)8-24-12-6-9(2)14(18)10(3)7-12/h6-7H,5,8H2,1-4H3,(H,19,20,21). The SMILES string of the molecule is CCOC(=O)c1sc(NC(=O)COc2cc(C)c(Cl)c(C)c2)nc1C. The van der Waals surface area contributed by atoms with E-state index >= 15 is 0 Å². The van der Waals surface area contributed by atoms with Gasteiger partial charge in [-0.25, -0.2) is 9.78 Å². The van der Waals surface area contributed by atoms with E-state index in [9.17, 15) is 9.59 Å².